The van der Waals surface area contributed by atoms with Crippen LogP contribution in [0.3, 0.4) is 0 Å². The number of hydrogen-bond donors (Lipinski definition) is 1. The number of halogens is 1. The molecular formula is C35H35ClN4O5. The summed E-state index contributed by atoms with van der Waals surface area (Å²) < 4.78 is 11.4. The molecule has 0 saturated heterocycles. The van der Waals surface area contributed by atoms with Crippen LogP contribution in [-0.4, -0.2) is 17.8 Å². The van der Waals surface area contributed by atoms with Gasteiger partial charge in [0.15, 0.2) is 5.78 Å². The third kappa shape index (κ3) is 5.86. The molecule has 1 aliphatic carbocycles. The number of anilines is 1. The lowest BCUT2D eigenvalue weighted by molar-refractivity contribution is -0.384. The summed E-state index contributed by atoms with van der Waals surface area (Å²) in [5, 5.41) is 23.4. The minimum Gasteiger partial charge on any atom is -0.496 e. The fourth-order valence-corrected chi connectivity index (χ4v) is 6.60. The predicted molar refractivity (Wildman–Crippen MR) is 173 cm³/mol. The van der Waals surface area contributed by atoms with Gasteiger partial charge in [-0.3, -0.25) is 19.8 Å². The highest BCUT2D eigenvalue weighted by molar-refractivity contribution is 6.30. The van der Waals surface area contributed by atoms with Gasteiger partial charge >= 0.3 is 0 Å². The minimum atomic E-state index is -0.751. The molecular weight excluding hydrogens is 592 g/mol. The first-order chi connectivity index (χ1) is 21.3. The first-order valence-electron chi connectivity index (χ1n) is 14.5. The Morgan fingerprint density at radius 2 is 1.82 bits per heavy atom. The van der Waals surface area contributed by atoms with Gasteiger partial charge in [0.05, 0.1) is 35.7 Å². The Bertz CT molecular complexity index is 1850. The van der Waals surface area contributed by atoms with Crippen LogP contribution in [0.5, 0.6) is 11.5 Å². The molecule has 1 aliphatic heterocycles. The van der Waals surface area contributed by atoms with Crippen LogP contribution in [0.2, 0.25) is 5.02 Å². The van der Waals surface area contributed by atoms with Crippen LogP contribution in [0.25, 0.3) is 0 Å². The molecule has 232 valence electrons. The third-order valence-corrected chi connectivity index (χ3v) is 8.79. The number of benzene rings is 3. The zero-order chi connectivity index (χ0) is 32.8. The number of allylic oxidation sites excluding steroid dienone is 3. The van der Waals surface area contributed by atoms with Gasteiger partial charge in [-0.25, -0.2) is 0 Å². The molecule has 2 N–H and O–H groups in total. The van der Waals surface area contributed by atoms with E-state index in [-0.39, 0.29) is 41.6 Å². The molecule has 0 bridgehead atoms. The highest BCUT2D eigenvalue weighted by Crippen LogP contribution is 2.52. The van der Waals surface area contributed by atoms with E-state index in [1.165, 1.54) is 18.1 Å². The maximum Gasteiger partial charge on any atom is 0.296 e. The Morgan fingerprint density at radius 3 is 2.47 bits per heavy atom. The fourth-order valence-electron chi connectivity index (χ4n) is 6.37. The van der Waals surface area contributed by atoms with Gasteiger partial charge in [-0.1, -0.05) is 37.6 Å². The molecule has 45 heavy (non-hydrogen) atoms. The smallest absolute Gasteiger partial charge is 0.296 e. The standard InChI is InChI=1S/C35H35ClN4O5/c1-19-11-20(2)25(13-22(19)18-45-31-10-7-23(36)12-21(31)3)32-26(17-37)34(38)39(29-15-35(4,5)16-30(41)33(29)32)27-9-8-24(44-6)14-28(27)40(42)43/h7-14,32H,15-16,18,38H2,1-6H3. The molecule has 0 aromatic heterocycles. The van der Waals surface area contributed by atoms with Gasteiger partial charge in [0.1, 0.15) is 29.6 Å². The zero-order valence-electron chi connectivity index (χ0n) is 26.2. The van der Waals surface area contributed by atoms with Crippen molar-refractivity contribution in [1.82, 2.24) is 0 Å². The predicted octanol–water partition coefficient (Wildman–Crippen LogP) is 7.70. The summed E-state index contributed by atoms with van der Waals surface area (Å²) in [6.07, 6.45) is 0.681. The van der Waals surface area contributed by atoms with Crippen molar-refractivity contribution in [3.8, 4) is 17.6 Å². The lowest BCUT2D eigenvalue weighted by Gasteiger charge is -2.43. The van der Waals surface area contributed by atoms with Crippen LogP contribution in [-0.2, 0) is 11.4 Å². The number of ketones is 1. The Hall–Kier alpha value is -4.81. The molecule has 3 aromatic rings. The van der Waals surface area contributed by atoms with E-state index in [0.717, 1.165) is 27.8 Å². The Labute approximate surface area is 267 Å². The molecule has 10 heteroatoms. The van der Waals surface area contributed by atoms with Crippen LogP contribution in [0.4, 0.5) is 11.4 Å². The lowest BCUT2D eigenvalue weighted by atomic mass is 9.68. The maximum atomic E-state index is 14.1. The van der Waals surface area contributed by atoms with Crippen molar-refractivity contribution in [2.45, 2.75) is 60.0 Å². The van der Waals surface area contributed by atoms with Crippen molar-refractivity contribution in [3.05, 3.63) is 114 Å². The molecule has 1 atom stereocenters. The molecule has 1 heterocycles. The monoisotopic (exact) mass is 626 g/mol. The van der Waals surface area contributed by atoms with Gasteiger partial charge in [0.2, 0.25) is 0 Å². The van der Waals surface area contributed by atoms with E-state index in [2.05, 4.69) is 6.07 Å². The number of rotatable bonds is 7. The Kier molecular flexibility index (Phi) is 8.39. The number of carbonyl (C=O) groups excluding carboxylic acids is 1. The first kappa shape index (κ1) is 31.6. The highest BCUT2D eigenvalue weighted by Gasteiger charge is 2.46. The summed E-state index contributed by atoms with van der Waals surface area (Å²) in [4.78, 5) is 27.3. The van der Waals surface area contributed by atoms with Crippen LogP contribution in [0, 0.1) is 47.6 Å². The number of nitro groups is 1. The number of hydrogen-bond acceptors (Lipinski definition) is 8. The van der Waals surface area contributed by atoms with Gasteiger partial charge in [-0.05, 0) is 90.8 Å². The second-order valence-electron chi connectivity index (χ2n) is 12.4. The van der Waals surface area contributed by atoms with Crippen molar-refractivity contribution in [1.29, 1.82) is 5.26 Å². The van der Waals surface area contributed by atoms with E-state index in [1.54, 1.807) is 18.2 Å². The number of Topliss-reactive ketones (excluding diaryl/α,β-unsaturated/α-hetero) is 1. The van der Waals surface area contributed by atoms with Crippen LogP contribution < -0.4 is 20.1 Å². The highest BCUT2D eigenvalue weighted by atomic mass is 35.5. The summed E-state index contributed by atoms with van der Waals surface area (Å²) in [7, 11) is 1.43. The number of nitro benzene ring substituents is 1. The van der Waals surface area contributed by atoms with E-state index in [1.807, 2.05) is 58.9 Å². The molecule has 9 nitrogen and oxygen atoms in total. The van der Waals surface area contributed by atoms with Gasteiger partial charge in [0, 0.05) is 22.7 Å². The molecule has 0 saturated carbocycles. The van der Waals surface area contributed by atoms with E-state index in [0.29, 0.717) is 34.2 Å². The summed E-state index contributed by atoms with van der Waals surface area (Å²) in [6.45, 7) is 10.1. The van der Waals surface area contributed by atoms with Crippen LogP contribution in [0.1, 0.15) is 60.4 Å². The number of nitriles is 1. The zero-order valence-corrected chi connectivity index (χ0v) is 26.9. The molecule has 0 radical (unpaired) electrons. The van der Waals surface area contributed by atoms with Crippen LogP contribution in [0.15, 0.2) is 71.2 Å². The second kappa shape index (κ2) is 11.9. The second-order valence-corrected chi connectivity index (χ2v) is 12.9. The van der Waals surface area contributed by atoms with Gasteiger partial charge < -0.3 is 15.2 Å². The van der Waals surface area contributed by atoms with Gasteiger partial charge in [-0.15, -0.1) is 0 Å². The van der Waals surface area contributed by atoms with Crippen LogP contribution >= 0.6 is 11.6 Å². The SMILES string of the molecule is COc1ccc(N2C(N)=C(C#N)C(c3cc(COc4ccc(Cl)cc4C)c(C)cc3C)C3=C2CC(C)(C)CC3=O)c([N+](=O)[O-])c1. The molecule has 0 spiro atoms. The number of ether oxygens (including phenoxy) is 2. The lowest BCUT2D eigenvalue weighted by Crippen LogP contribution is -2.42. The number of nitrogens with two attached hydrogens (primary N) is 1. The van der Waals surface area contributed by atoms with Crippen molar-refractivity contribution >= 4 is 28.8 Å². The quantitative estimate of drug-likeness (QED) is 0.208. The van der Waals surface area contributed by atoms with Crippen molar-refractivity contribution in [3.63, 3.8) is 0 Å². The van der Waals surface area contributed by atoms with E-state index in [9.17, 15) is 20.2 Å². The van der Waals surface area contributed by atoms with E-state index in [4.69, 9.17) is 26.8 Å². The van der Waals surface area contributed by atoms with Crippen molar-refractivity contribution in [2.24, 2.45) is 11.1 Å². The fraction of sp³-hybridized carbons (Fsp3) is 0.314. The first-order valence-corrected chi connectivity index (χ1v) is 14.9. The topological polar surface area (TPSA) is 132 Å². The largest absolute Gasteiger partial charge is 0.496 e. The molecule has 0 fully saturated rings. The Balaban J connectivity index is 1.70. The summed E-state index contributed by atoms with van der Waals surface area (Å²) >= 11 is 6.12. The number of methoxy groups -OCH3 is 1. The van der Waals surface area contributed by atoms with E-state index < -0.39 is 16.3 Å². The Morgan fingerprint density at radius 1 is 1.09 bits per heavy atom. The number of aryl methyl sites for hydroxylation is 3. The van der Waals surface area contributed by atoms with Gasteiger partial charge in [0.25, 0.3) is 5.69 Å². The van der Waals surface area contributed by atoms with E-state index >= 15 is 0 Å². The summed E-state index contributed by atoms with van der Waals surface area (Å²) in [5.41, 5.74) is 11.8. The summed E-state index contributed by atoms with van der Waals surface area (Å²) in [6, 6.07) is 16.2. The minimum absolute atomic E-state index is 0.0505. The molecule has 3 aromatic carbocycles. The molecule has 0 amide bonds. The average Bonchev–Trinajstić information content (AvgIpc) is 2.96. The normalized spacial score (nSPS) is 17.6. The maximum absolute atomic E-state index is 14.1. The van der Waals surface area contributed by atoms with Crippen molar-refractivity contribution in [2.75, 3.05) is 12.0 Å². The molecule has 5 rings (SSSR count). The average molecular weight is 627 g/mol. The third-order valence-electron chi connectivity index (χ3n) is 8.56. The van der Waals surface area contributed by atoms with Crippen molar-refractivity contribution < 1.29 is 19.2 Å². The van der Waals surface area contributed by atoms with Gasteiger partial charge in [-0.2, -0.15) is 5.26 Å². The number of nitrogens with zero attached hydrogens (tertiary/aromatic N) is 3. The molecule has 2 aliphatic rings. The molecule has 1 unspecified atom stereocenters. The summed E-state index contributed by atoms with van der Waals surface area (Å²) in [5.74, 6) is 0.180. The number of carbonyl (C=O) groups is 1.